The summed E-state index contributed by atoms with van der Waals surface area (Å²) in [6.45, 7) is 1.98. The molecule has 2 aromatic carbocycles. The molecule has 146 valence electrons. The average Bonchev–Trinajstić information content (AvgIpc) is 3.23. The number of hydrogen-bond donors (Lipinski definition) is 2. The summed E-state index contributed by atoms with van der Waals surface area (Å²) in [6, 6.07) is 19.8. The normalized spacial score (nSPS) is 12.3. The fourth-order valence-corrected chi connectivity index (χ4v) is 4.77. The van der Waals surface area contributed by atoms with E-state index in [9.17, 15) is 13.2 Å². The van der Waals surface area contributed by atoms with Crippen molar-refractivity contribution in [3.05, 3.63) is 83.2 Å². The molecule has 0 saturated carbocycles. The maximum atomic E-state index is 12.4. The summed E-state index contributed by atoms with van der Waals surface area (Å²) in [5.41, 5.74) is 2.15. The Bertz CT molecular complexity index is 1000. The Balaban J connectivity index is 1.54. The van der Waals surface area contributed by atoms with Gasteiger partial charge in [0.25, 0.3) is 15.9 Å². The van der Waals surface area contributed by atoms with Crippen molar-refractivity contribution in [2.24, 2.45) is 0 Å². The third-order valence-electron chi connectivity index (χ3n) is 4.25. The molecule has 0 radical (unpaired) electrons. The second-order valence-electron chi connectivity index (χ2n) is 6.51. The van der Waals surface area contributed by atoms with Gasteiger partial charge in [0, 0.05) is 17.3 Å². The number of benzene rings is 2. The van der Waals surface area contributed by atoms with Crippen LogP contribution in [0.5, 0.6) is 0 Å². The first-order valence-corrected chi connectivity index (χ1v) is 11.3. The molecule has 3 aromatic rings. The highest BCUT2D eigenvalue weighted by atomic mass is 32.2. The van der Waals surface area contributed by atoms with Gasteiger partial charge in [-0.1, -0.05) is 36.4 Å². The van der Waals surface area contributed by atoms with Gasteiger partial charge in [-0.05, 0) is 61.0 Å². The van der Waals surface area contributed by atoms with Crippen LogP contribution < -0.4 is 10.0 Å². The molecule has 0 saturated heterocycles. The molecule has 3 rings (SSSR count). The number of carbonyl (C=O) groups excluding carboxylic acids is 1. The van der Waals surface area contributed by atoms with Crippen molar-refractivity contribution in [3.8, 4) is 0 Å². The zero-order valence-electron chi connectivity index (χ0n) is 15.5. The highest BCUT2D eigenvalue weighted by Gasteiger charge is 2.15. The molecular formula is C21H22N2O3S2. The Kier molecular flexibility index (Phi) is 6.49. The van der Waals surface area contributed by atoms with Crippen molar-refractivity contribution in [1.29, 1.82) is 0 Å². The zero-order chi connectivity index (χ0) is 20.0. The first-order chi connectivity index (χ1) is 13.4. The van der Waals surface area contributed by atoms with Gasteiger partial charge in [0.15, 0.2) is 0 Å². The molecule has 0 aliphatic heterocycles. The van der Waals surface area contributed by atoms with Crippen LogP contribution in [0.15, 0.2) is 76.3 Å². The Hall–Kier alpha value is -2.64. The number of hydrogen-bond acceptors (Lipinski definition) is 4. The zero-order valence-corrected chi connectivity index (χ0v) is 17.1. The lowest BCUT2D eigenvalue weighted by Gasteiger charge is -2.14. The van der Waals surface area contributed by atoms with E-state index in [4.69, 9.17) is 0 Å². The maximum Gasteiger partial charge on any atom is 0.271 e. The highest BCUT2D eigenvalue weighted by molar-refractivity contribution is 7.94. The first-order valence-electron chi connectivity index (χ1n) is 8.95. The van der Waals surface area contributed by atoms with E-state index in [1.54, 1.807) is 41.8 Å². The third kappa shape index (κ3) is 5.43. The lowest BCUT2D eigenvalue weighted by Crippen LogP contribution is -2.32. The first kappa shape index (κ1) is 20.1. The molecule has 7 heteroatoms. The number of sulfonamides is 1. The standard InChI is InChI=1S/C21H22N2O3S2/c1-16(9-10-17-6-3-2-4-7-17)22-21(24)18-11-13-19(14-12-18)23-28(25,26)20-8-5-15-27-20/h2-8,11-16,23H,9-10H2,1H3,(H,22,24)/t16-/m0/s1. The number of nitrogens with one attached hydrogen (secondary N) is 2. The summed E-state index contributed by atoms with van der Waals surface area (Å²) in [4.78, 5) is 12.4. The van der Waals surface area contributed by atoms with E-state index in [0.717, 1.165) is 24.2 Å². The molecule has 28 heavy (non-hydrogen) atoms. The number of rotatable bonds is 8. The third-order valence-corrected chi connectivity index (χ3v) is 7.02. The predicted molar refractivity (Wildman–Crippen MR) is 113 cm³/mol. The molecule has 5 nitrogen and oxygen atoms in total. The highest BCUT2D eigenvalue weighted by Crippen LogP contribution is 2.20. The van der Waals surface area contributed by atoms with Gasteiger partial charge in [-0.25, -0.2) is 8.42 Å². The summed E-state index contributed by atoms with van der Waals surface area (Å²) in [5.74, 6) is -0.173. The molecule has 0 aliphatic rings. The minimum Gasteiger partial charge on any atom is -0.350 e. The summed E-state index contributed by atoms with van der Waals surface area (Å²) < 4.78 is 27.2. The topological polar surface area (TPSA) is 75.3 Å². The Morgan fingerprint density at radius 2 is 1.71 bits per heavy atom. The number of carbonyl (C=O) groups is 1. The largest absolute Gasteiger partial charge is 0.350 e. The van der Waals surface area contributed by atoms with Crippen LogP contribution in [0.4, 0.5) is 5.69 Å². The number of aryl methyl sites for hydroxylation is 1. The van der Waals surface area contributed by atoms with Gasteiger partial charge in [0.05, 0.1) is 0 Å². The summed E-state index contributed by atoms with van der Waals surface area (Å²) in [7, 11) is -3.59. The average molecular weight is 415 g/mol. The fourth-order valence-electron chi connectivity index (χ4n) is 2.72. The van der Waals surface area contributed by atoms with Gasteiger partial charge in [-0.15, -0.1) is 11.3 Å². The minimum atomic E-state index is -3.59. The smallest absolute Gasteiger partial charge is 0.271 e. The van der Waals surface area contributed by atoms with E-state index in [0.29, 0.717) is 11.3 Å². The number of thiophene rings is 1. The predicted octanol–water partition coefficient (Wildman–Crippen LogP) is 4.30. The molecule has 0 aliphatic carbocycles. The molecule has 0 spiro atoms. The van der Waals surface area contributed by atoms with Crippen LogP contribution in [-0.2, 0) is 16.4 Å². The number of anilines is 1. The van der Waals surface area contributed by atoms with Crippen molar-refractivity contribution < 1.29 is 13.2 Å². The van der Waals surface area contributed by atoms with Crippen LogP contribution in [-0.4, -0.2) is 20.4 Å². The Morgan fingerprint density at radius 3 is 2.36 bits per heavy atom. The van der Waals surface area contributed by atoms with Crippen molar-refractivity contribution in [2.45, 2.75) is 30.0 Å². The Morgan fingerprint density at radius 1 is 1.00 bits per heavy atom. The summed E-state index contributed by atoms with van der Waals surface area (Å²) >= 11 is 1.15. The van der Waals surface area contributed by atoms with Crippen LogP contribution in [0, 0.1) is 0 Å². The van der Waals surface area contributed by atoms with Gasteiger partial charge in [-0.2, -0.15) is 0 Å². The monoisotopic (exact) mass is 414 g/mol. The lowest BCUT2D eigenvalue weighted by atomic mass is 10.1. The molecule has 0 bridgehead atoms. The second-order valence-corrected chi connectivity index (χ2v) is 9.37. The van der Waals surface area contributed by atoms with E-state index in [2.05, 4.69) is 22.2 Å². The van der Waals surface area contributed by atoms with Crippen molar-refractivity contribution in [1.82, 2.24) is 5.32 Å². The quantitative estimate of drug-likeness (QED) is 0.577. The van der Waals surface area contributed by atoms with Crippen LogP contribution in [0.1, 0.15) is 29.3 Å². The van der Waals surface area contributed by atoms with E-state index in [1.165, 1.54) is 5.56 Å². The molecule has 1 amide bonds. The molecular weight excluding hydrogens is 392 g/mol. The van der Waals surface area contributed by atoms with Gasteiger partial charge in [0.2, 0.25) is 0 Å². The molecule has 1 heterocycles. The van der Waals surface area contributed by atoms with Gasteiger partial charge in [-0.3, -0.25) is 9.52 Å². The molecule has 1 atom stereocenters. The number of amides is 1. The van der Waals surface area contributed by atoms with Gasteiger partial charge < -0.3 is 5.32 Å². The maximum absolute atomic E-state index is 12.4. The van der Waals surface area contributed by atoms with E-state index < -0.39 is 10.0 Å². The molecule has 0 fully saturated rings. The van der Waals surface area contributed by atoms with Gasteiger partial charge in [0.1, 0.15) is 4.21 Å². The van der Waals surface area contributed by atoms with Crippen LogP contribution >= 0.6 is 11.3 Å². The SMILES string of the molecule is C[C@@H](CCc1ccccc1)NC(=O)c1ccc(NS(=O)(=O)c2cccs2)cc1. The van der Waals surface area contributed by atoms with Crippen molar-refractivity contribution >= 4 is 33.0 Å². The summed E-state index contributed by atoms with van der Waals surface area (Å²) in [5, 5.41) is 4.69. The van der Waals surface area contributed by atoms with Crippen LogP contribution in [0.3, 0.4) is 0 Å². The fraction of sp³-hybridized carbons (Fsp3) is 0.190. The molecule has 1 aromatic heterocycles. The lowest BCUT2D eigenvalue weighted by molar-refractivity contribution is 0.0938. The van der Waals surface area contributed by atoms with Crippen molar-refractivity contribution in [2.75, 3.05) is 4.72 Å². The minimum absolute atomic E-state index is 0.0321. The van der Waals surface area contributed by atoms with E-state index in [-0.39, 0.29) is 16.2 Å². The molecule has 2 N–H and O–H groups in total. The van der Waals surface area contributed by atoms with Crippen LogP contribution in [0.2, 0.25) is 0 Å². The van der Waals surface area contributed by atoms with E-state index in [1.807, 2.05) is 25.1 Å². The summed E-state index contributed by atoms with van der Waals surface area (Å²) in [6.07, 6.45) is 1.74. The van der Waals surface area contributed by atoms with Crippen LogP contribution in [0.25, 0.3) is 0 Å². The van der Waals surface area contributed by atoms with Gasteiger partial charge >= 0.3 is 0 Å². The van der Waals surface area contributed by atoms with Crippen molar-refractivity contribution in [3.63, 3.8) is 0 Å². The van der Waals surface area contributed by atoms with E-state index >= 15 is 0 Å². The second kappa shape index (κ2) is 9.03. The Labute approximate surface area is 169 Å². The molecule has 0 unspecified atom stereocenters.